The van der Waals surface area contributed by atoms with Gasteiger partial charge in [0, 0.05) is 5.56 Å². The van der Waals surface area contributed by atoms with E-state index in [0.717, 1.165) is 18.2 Å². The van der Waals surface area contributed by atoms with Gasteiger partial charge in [0.1, 0.15) is 0 Å². The Morgan fingerprint density at radius 2 is 1.15 bits per heavy atom. The predicted octanol–water partition coefficient (Wildman–Crippen LogP) is 0.309. The molecule has 0 aliphatic carbocycles. The second-order valence-electron chi connectivity index (χ2n) is 3.74. The molecule has 0 saturated carbocycles. The normalized spacial score (nSPS) is 9.80. The topological polar surface area (TPSA) is 146 Å². The molecule has 0 heterocycles. The van der Waals surface area contributed by atoms with E-state index in [1.807, 2.05) is 0 Å². The van der Waals surface area contributed by atoms with Gasteiger partial charge in [0.25, 0.3) is 0 Å². The first-order valence-electron chi connectivity index (χ1n) is 5.13. The van der Waals surface area contributed by atoms with Crippen molar-refractivity contribution in [2.24, 2.45) is 0 Å². The fourth-order valence-electron chi connectivity index (χ4n) is 1.36. The first-order chi connectivity index (χ1) is 9.22. The highest BCUT2D eigenvalue weighted by molar-refractivity contribution is 6.37. The summed E-state index contributed by atoms with van der Waals surface area (Å²) in [4.78, 5) is 54.5. The number of benzene rings is 1. The van der Waals surface area contributed by atoms with Crippen molar-refractivity contribution in [2.75, 3.05) is 0 Å². The van der Waals surface area contributed by atoms with Crippen LogP contribution in [0.1, 0.15) is 37.5 Å². The van der Waals surface area contributed by atoms with E-state index in [4.69, 9.17) is 15.3 Å². The summed E-state index contributed by atoms with van der Waals surface area (Å²) in [5.74, 6) is -7.04. The maximum absolute atomic E-state index is 11.6. The monoisotopic (exact) mass is 280 g/mol. The molecule has 20 heavy (non-hydrogen) atoms. The molecule has 0 bridgehead atoms. The van der Waals surface area contributed by atoms with Crippen LogP contribution in [0.2, 0.25) is 0 Å². The van der Waals surface area contributed by atoms with Crippen LogP contribution in [0.25, 0.3) is 0 Å². The molecule has 0 radical (unpaired) electrons. The highest BCUT2D eigenvalue weighted by Crippen LogP contribution is 2.13. The Bertz CT molecular complexity index is 596. The van der Waals surface area contributed by atoms with E-state index in [2.05, 4.69) is 0 Å². The molecule has 0 aliphatic heterocycles. The van der Waals surface area contributed by atoms with Gasteiger partial charge in [-0.3, -0.25) is 9.59 Å². The van der Waals surface area contributed by atoms with Crippen molar-refractivity contribution >= 4 is 29.5 Å². The number of carbonyl (C=O) groups is 5. The first kappa shape index (κ1) is 15.0. The molecule has 0 spiro atoms. The molecular weight excluding hydrogens is 272 g/mol. The molecule has 0 aliphatic rings. The summed E-state index contributed by atoms with van der Waals surface area (Å²) in [6.45, 7) is 0. The third-order valence-corrected chi connectivity index (χ3v) is 2.31. The number of aromatic carboxylic acids is 2. The molecule has 0 amide bonds. The summed E-state index contributed by atoms with van der Waals surface area (Å²) in [6.07, 6.45) is -0.975. The van der Waals surface area contributed by atoms with E-state index in [9.17, 15) is 24.0 Å². The third kappa shape index (κ3) is 3.48. The molecule has 8 nitrogen and oxygen atoms in total. The van der Waals surface area contributed by atoms with Gasteiger partial charge in [-0.05, 0) is 18.2 Å². The van der Waals surface area contributed by atoms with Crippen LogP contribution in [0.3, 0.4) is 0 Å². The van der Waals surface area contributed by atoms with Gasteiger partial charge in [-0.25, -0.2) is 14.4 Å². The minimum Gasteiger partial charge on any atom is -0.478 e. The molecule has 8 heteroatoms. The van der Waals surface area contributed by atoms with E-state index >= 15 is 0 Å². The minimum atomic E-state index is -1.80. The van der Waals surface area contributed by atoms with E-state index in [-0.39, 0.29) is 5.56 Å². The maximum atomic E-state index is 11.6. The zero-order valence-electron chi connectivity index (χ0n) is 9.82. The van der Waals surface area contributed by atoms with Gasteiger partial charge in [-0.15, -0.1) is 0 Å². The lowest BCUT2D eigenvalue weighted by Gasteiger charge is -2.03. The summed E-state index contributed by atoms with van der Waals surface area (Å²) in [5, 5.41) is 26.0. The average molecular weight is 280 g/mol. The lowest BCUT2D eigenvalue weighted by atomic mass is 10.00. The largest absolute Gasteiger partial charge is 0.478 e. The molecule has 1 aromatic carbocycles. The fraction of sp³-hybridized carbons (Fsp3) is 0.0833. The Morgan fingerprint density at radius 1 is 0.750 bits per heavy atom. The van der Waals surface area contributed by atoms with Crippen LogP contribution in [0.5, 0.6) is 0 Å². The van der Waals surface area contributed by atoms with Crippen LogP contribution in [0.4, 0.5) is 0 Å². The van der Waals surface area contributed by atoms with Crippen LogP contribution in [-0.4, -0.2) is 44.8 Å². The van der Waals surface area contributed by atoms with Crippen molar-refractivity contribution < 1.29 is 39.3 Å². The number of hydrogen-bond acceptors (Lipinski definition) is 5. The molecular formula is C12H8O8. The fourth-order valence-corrected chi connectivity index (χ4v) is 1.36. The van der Waals surface area contributed by atoms with Gasteiger partial charge < -0.3 is 15.3 Å². The number of carboxylic acid groups (broad SMARTS) is 3. The Labute approximate surface area is 111 Å². The molecule has 0 aromatic heterocycles. The van der Waals surface area contributed by atoms with Crippen molar-refractivity contribution in [3.05, 3.63) is 34.9 Å². The van der Waals surface area contributed by atoms with Crippen molar-refractivity contribution in [3.8, 4) is 0 Å². The second kappa shape index (κ2) is 5.74. The van der Waals surface area contributed by atoms with E-state index in [0.29, 0.717) is 0 Å². The summed E-state index contributed by atoms with van der Waals surface area (Å²) in [5.41, 5.74) is -1.25. The van der Waals surface area contributed by atoms with Gasteiger partial charge >= 0.3 is 17.9 Å². The lowest BCUT2D eigenvalue weighted by molar-refractivity contribution is -0.148. The number of aliphatic carboxylic acids is 1. The Hall–Kier alpha value is -3.03. The van der Waals surface area contributed by atoms with Crippen LogP contribution in [0.15, 0.2) is 18.2 Å². The van der Waals surface area contributed by atoms with Gasteiger partial charge in [-0.1, -0.05) is 0 Å². The number of rotatable bonds is 6. The minimum absolute atomic E-state index is 0.350. The number of ketones is 2. The van der Waals surface area contributed by atoms with Crippen LogP contribution in [-0.2, 0) is 9.59 Å². The quantitative estimate of drug-likeness (QED) is 0.383. The van der Waals surface area contributed by atoms with E-state index in [1.165, 1.54) is 0 Å². The lowest BCUT2D eigenvalue weighted by Crippen LogP contribution is -2.18. The molecule has 1 rings (SSSR count). The highest BCUT2D eigenvalue weighted by atomic mass is 16.4. The Kier molecular flexibility index (Phi) is 4.31. The number of hydrogen-bond donors (Lipinski definition) is 3. The highest BCUT2D eigenvalue weighted by Gasteiger charge is 2.20. The van der Waals surface area contributed by atoms with Gasteiger partial charge in [0.05, 0.1) is 17.5 Å². The van der Waals surface area contributed by atoms with Crippen LogP contribution >= 0.6 is 0 Å². The SMILES string of the molecule is O=C(O)C(=O)CC(=O)c1cc(C(=O)O)cc(C(=O)O)c1. The van der Waals surface area contributed by atoms with Crippen LogP contribution in [0, 0.1) is 0 Å². The number of carboxylic acids is 3. The van der Waals surface area contributed by atoms with Gasteiger partial charge in [0.15, 0.2) is 5.78 Å². The molecule has 1 aromatic rings. The van der Waals surface area contributed by atoms with Gasteiger partial charge in [-0.2, -0.15) is 0 Å². The summed E-state index contributed by atoms with van der Waals surface area (Å²) >= 11 is 0. The maximum Gasteiger partial charge on any atom is 0.372 e. The summed E-state index contributed by atoms with van der Waals surface area (Å²) in [6, 6.07) is 2.61. The molecule has 0 atom stereocenters. The summed E-state index contributed by atoms with van der Waals surface area (Å²) in [7, 11) is 0. The Morgan fingerprint density at radius 3 is 1.50 bits per heavy atom. The second-order valence-corrected chi connectivity index (χ2v) is 3.74. The van der Waals surface area contributed by atoms with Crippen molar-refractivity contribution in [2.45, 2.75) is 6.42 Å². The van der Waals surface area contributed by atoms with Crippen molar-refractivity contribution in [3.63, 3.8) is 0 Å². The summed E-state index contributed by atoms with van der Waals surface area (Å²) < 4.78 is 0. The Balaban J connectivity index is 3.20. The average Bonchev–Trinajstić information content (AvgIpc) is 2.37. The molecule has 3 N–H and O–H groups in total. The zero-order valence-corrected chi connectivity index (χ0v) is 9.82. The smallest absolute Gasteiger partial charge is 0.372 e. The molecule has 0 saturated heterocycles. The zero-order chi connectivity index (χ0) is 15.4. The van der Waals surface area contributed by atoms with E-state index < -0.39 is 47.0 Å². The van der Waals surface area contributed by atoms with E-state index in [1.54, 1.807) is 0 Å². The van der Waals surface area contributed by atoms with Gasteiger partial charge in [0.2, 0.25) is 5.78 Å². The molecule has 104 valence electrons. The standard InChI is InChI=1S/C12H8O8/c13-8(4-9(14)12(19)20)5-1-6(10(15)16)3-7(2-5)11(17)18/h1-3H,4H2,(H,15,16)(H,17,18)(H,19,20). The first-order valence-corrected chi connectivity index (χ1v) is 5.13. The molecule has 0 fully saturated rings. The van der Waals surface area contributed by atoms with Crippen molar-refractivity contribution in [1.29, 1.82) is 0 Å². The van der Waals surface area contributed by atoms with Crippen LogP contribution < -0.4 is 0 Å². The number of carbonyl (C=O) groups excluding carboxylic acids is 2. The predicted molar refractivity (Wildman–Crippen MR) is 62.0 cm³/mol. The molecule has 0 unspecified atom stereocenters. The number of Topliss-reactive ketones (excluding diaryl/α,β-unsaturated/α-hetero) is 2. The third-order valence-electron chi connectivity index (χ3n) is 2.31. The van der Waals surface area contributed by atoms with Crippen molar-refractivity contribution in [1.82, 2.24) is 0 Å².